The molecular formula is C11H24O2. The predicted octanol–water partition coefficient (Wildman–Crippen LogP) is 2.74. The molecule has 2 nitrogen and oxygen atoms in total. The first kappa shape index (κ1) is 12.9. The first-order chi connectivity index (χ1) is 6.16. The summed E-state index contributed by atoms with van der Waals surface area (Å²) in [4.78, 5) is 0. The summed E-state index contributed by atoms with van der Waals surface area (Å²) in [6, 6.07) is 0. The second kappa shape index (κ2) is 8.52. The molecule has 0 spiro atoms. The third-order valence-corrected chi connectivity index (χ3v) is 2.09. The van der Waals surface area contributed by atoms with Gasteiger partial charge in [0.25, 0.3) is 0 Å². The van der Waals surface area contributed by atoms with Crippen LogP contribution in [0.1, 0.15) is 52.9 Å². The van der Waals surface area contributed by atoms with E-state index in [1.54, 1.807) is 6.92 Å². The highest BCUT2D eigenvalue weighted by atomic mass is 16.5. The lowest BCUT2D eigenvalue weighted by molar-refractivity contribution is 0.00123. The molecule has 0 bridgehead atoms. The van der Waals surface area contributed by atoms with Gasteiger partial charge in [-0.25, -0.2) is 0 Å². The van der Waals surface area contributed by atoms with Crippen LogP contribution in [0.4, 0.5) is 0 Å². The van der Waals surface area contributed by atoms with E-state index < -0.39 is 0 Å². The molecule has 80 valence electrons. The number of ether oxygens (including phenoxy) is 1. The van der Waals surface area contributed by atoms with Crippen LogP contribution in [0.3, 0.4) is 0 Å². The molecule has 0 fully saturated rings. The molecule has 0 amide bonds. The van der Waals surface area contributed by atoms with Crippen molar-refractivity contribution in [2.24, 2.45) is 0 Å². The summed E-state index contributed by atoms with van der Waals surface area (Å²) < 4.78 is 5.43. The quantitative estimate of drug-likeness (QED) is 0.593. The van der Waals surface area contributed by atoms with Gasteiger partial charge in [0, 0.05) is 0 Å². The minimum atomic E-state index is -0.335. The minimum absolute atomic E-state index is 0.298. The molecule has 0 radical (unpaired) electrons. The van der Waals surface area contributed by atoms with Crippen molar-refractivity contribution in [2.45, 2.75) is 65.1 Å². The van der Waals surface area contributed by atoms with Crippen LogP contribution < -0.4 is 0 Å². The Bertz CT molecular complexity index is 102. The van der Waals surface area contributed by atoms with E-state index in [1.807, 2.05) is 0 Å². The van der Waals surface area contributed by atoms with Crippen molar-refractivity contribution >= 4 is 0 Å². The first-order valence-electron chi connectivity index (χ1n) is 5.46. The summed E-state index contributed by atoms with van der Waals surface area (Å²) in [7, 11) is 0. The summed E-state index contributed by atoms with van der Waals surface area (Å²) in [5.74, 6) is 0. The lowest BCUT2D eigenvalue weighted by Crippen LogP contribution is -2.16. The molecule has 1 unspecified atom stereocenters. The molecule has 0 aromatic carbocycles. The molecule has 0 aromatic rings. The second-order valence-corrected chi connectivity index (χ2v) is 3.84. The standard InChI is InChI=1S/C11H24O2/c1-4-5-6-7-8-11(3)13-9-10(2)12/h10-12H,4-9H2,1-3H3/t10-,11?/m1/s1. The highest BCUT2D eigenvalue weighted by Gasteiger charge is 2.03. The molecule has 0 aliphatic rings. The van der Waals surface area contributed by atoms with Crippen molar-refractivity contribution < 1.29 is 9.84 Å². The fraction of sp³-hybridized carbons (Fsp3) is 1.00. The Kier molecular flexibility index (Phi) is 8.46. The van der Waals surface area contributed by atoms with Crippen molar-refractivity contribution in [2.75, 3.05) is 6.61 Å². The Morgan fingerprint density at radius 2 is 1.85 bits per heavy atom. The second-order valence-electron chi connectivity index (χ2n) is 3.84. The molecule has 0 aromatic heterocycles. The van der Waals surface area contributed by atoms with Crippen LogP contribution in [0.2, 0.25) is 0 Å². The third-order valence-electron chi connectivity index (χ3n) is 2.09. The van der Waals surface area contributed by atoms with E-state index in [2.05, 4.69) is 13.8 Å². The lowest BCUT2D eigenvalue weighted by Gasteiger charge is -2.13. The number of aliphatic hydroxyl groups is 1. The van der Waals surface area contributed by atoms with E-state index in [4.69, 9.17) is 9.84 Å². The van der Waals surface area contributed by atoms with Crippen LogP contribution >= 0.6 is 0 Å². The fourth-order valence-electron chi connectivity index (χ4n) is 1.25. The van der Waals surface area contributed by atoms with E-state index in [9.17, 15) is 0 Å². The zero-order valence-electron chi connectivity index (χ0n) is 9.25. The van der Waals surface area contributed by atoms with Crippen molar-refractivity contribution in [1.29, 1.82) is 0 Å². The summed E-state index contributed by atoms with van der Waals surface area (Å²) in [5, 5.41) is 8.99. The number of aliphatic hydroxyl groups excluding tert-OH is 1. The average molecular weight is 188 g/mol. The Morgan fingerprint density at radius 1 is 1.15 bits per heavy atom. The topological polar surface area (TPSA) is 29.5 Å². The van der Waals surface area contributed by atoms with E-state index >= 15 is 0 Å². The van der Waals surface area contributed by atoms with Gasteiger partial charge in [0.05, 0.1) is 18.8 Å². The van der Waals surface area contributed by atoms with Crippen LogP contribution in [-0.2, 0) is 4.74 Å². The Labute approximate surface area is 82.3 Å². The minimum Gasteiger partial charge on any atom is -0.391 e. The van der Waals surface area contributed by atoms with E-state index in [-0.39, 0.29) is 6.10 Å². The van der Waals surface area contributed by atoms with Gasteiger partial charge in [-0.05, 0) is 20.3 Å². The van der Waals surface area contributed by atoms with Crippen LogP contribution in [0.15, 0.2) is 0 Å². The SMILES string of the molecule is CCCCCCC(C)OC[C@@H](C)O. The molecule has 2 heteroatoms. The highest BCUT2D eigenvalue weighted by Crippen LogP contribution is 2.07. The summed E-state index contributed by atoms with van der Waals surface area (Å²) in [6.45, 7) is 6.51. The molecule has 1 N–H and O–H groups in total. The molecule has 0 saturated heterocycles. The van der Waals surface area contributed by atoms with Gasteiger partial charge in [-0.3, -0.25) is 0 Å². The first-order valence-corrected chi connectivity index (χ1v) is 5.46. The van der Waals surface area contributed by atoms with Gasteiger partial charge >= 0.3 is 0 Å². The van der Waals surface area contributed by atoms with Gasteiger partial charge in [-0.2, -0.15) is 0 Å². The number of unbranched alkanes of at least 4 members (excludes halogenated alkanes) is 3. The summed E-state index contributed by atoms with van der Waals surface area (Å²) in [6.07, 6.45) is 6.23. The molecule has 0 rings (SSSR count). The smallest absolute Gasteiger partial charge is 0.0745 e. The Morgan fingerprint density at radius 3 is 2.38 bits per heavy atom. The van der Waals surface area contributed by atoms with Crippen LogP contribution in [0.5, 0.6) is 0 Å². The molecule has 0 saturated carbocycles. The van der Waals surface area contributed by atoms with Gasteiger partial charge in [0.1, 0.15) is 0 Å². The molecule has 0 aliphatic carbocycles. The zero-order chi connectivity index (χ0) is 10.1. The van der Waals surface area contributed by atoms with Crippen molar-refractivity contribution in [3.05, 3.63) is 0 Å². The van der Waals surface area contributed by atoms with Crippen molar-refractivity contribution in [1.82, 2.24) is 0 Å². The van der Waals surface area contributed by atoms with Crippen LogP contribution in [0.25, 0.3) is 0 Å². The van der Waals surface area contributed by atoms with Gasteiger partial charge < -0.3 is 9.84 Å². The van der Waals surface area contributed by atoms with Gasteiger partial charge in [-0.1, -0.05) is 32.6 Å². The van der Waals surface area contributed by atoms with Gasteiger partial charge in [0.15, 0.2) is 0 Å². The molecule has 13 heavy (non-hydrogen) atoms. The number of hydrogen-bond donors (Lipinski definition) is 1. The van der Waals surface area contributed by atoms with Gasteiger partial charge in [-0.15, -0.1) is 0 Å². The summed E-state index contributed by atoms with van der Waals surface area (Å²) in [5.41, 5.74) is 0. The molecule has 2 atom stereocenters. The van der Waals surface area contributed by atoms with Gasteiger partial charge in [0.2, 0.25) is 0 Å². The van der Waals surface area contributed by atoms with Crippen molar-refractivity contribution in [3.8, 4) is 0 Å². The third kappa shape index (κ3) is 9.84. The number of rotatable bonds is 8. The maximum Gasteiger partial charge on any atom is 0.0745 e. The van der Waals surface area contributed by atoms with Crippen molar-refractivity contribution in [3.63, 3.8) is 0 Å². The van der Waals surface area contributed by atoms with E-state index in [0.717, 1.165) is 6.42 Å². The normalized spacial score (nSPS) is 15.7. The number of hydrogen-bond acceptors (Lipinski definition) is 2. The van der Waals surface area contributed by atoms with Crippen LogP contribution in [-0.4, -0.2) is 23.9 Å². The molecule has 0 aliphatic heterocycles. The predicted molar refractivity (Wildman–Crippen MR) is 55.9 cm³/mol. The lowest BCUT2D eigenvalue weighted by atomic mass is 10.1. The average Bonchev–Trinajstić information content (AvgIpc) is 2.09. The summed E-state index contributed by atoms with van der Waals surface area (Å²) >= 11 is 0. The molecule has 0 heterocycles. The van der Waals surface area contributed by atoms with Crippen LogP contribution in [0, 0.1) is 0 Å². The fourth-order valence-corrected chi connectivity index (χ4v) is 1.25. The van der Waals surface area contributed by atoms with E-state index in [1.165, 1.54) is 25.7 Å². The molecular weight excluding hydrogens is 164 g/mol. The monoisotopic (exact) mass is 188 g/mol. The largest absolute Gasteiger partial charge is 0.391 e. The Balaban J connectivity index is 3.15. The Hall–Kier alpha value is -0.0800. The maximum atomic E-state index is 8.99. The zero-order valence-corrected chi connectivity index (χ0v) is 9.25. The maximum absolute atomic E-state index is 8.99. The van der Waals surface area contributed by atoms with E-state index in [0.29, 0.717) is 12.7 Å². The highest BCUT2D eigenvalue weighted by molar-refractivity contribution is 4.53.